The zero-order chi connectivity index (χ0) is 19.3. The summed E-state index contributed by atoms with van der Waals surface area (Å²) in [6.07, 6.45) is 0.186. The van der Waals surface area contributed by atoms with Crippen molar-refractivity contribution in [2.75, 3.05) is 45.7 Å². The maximum absolute atomic E-state index is 12.4. The number of nitrogens with zero attached hydrogens (tertiary/aromatic N) is 2. The number of amides is 2. The van der Waals surface area contributed by atoms with Gasteiger partial charge in [-0.25, -0.2) is 0 Å². The Balaban J connectivity index is 1.88. The van der Waals surface area contributed by atoms with Crippen LogP contribution in [0.25, 0.3) is 0 Å². The second kappa shape index (κ2) is 9.21. The minimum absolute atomic E-state index is 0.0516. The lowest BCUT2D eigenvalue weighted by atomic mass is 10.2. The number of methoxy groups -OCH3 is 1. The normalized spacial score (nSPS) is 20.5. The lowest BCUT2D eigenvalue weighted by Crippen LogP contribution is -2.50. The number of halogens is 1. The highest BCUT2D eigenvalue weighted by atomic mass is 35.5. The van der Waals surface area contributed by atoms with E-state index in [-0.39, 0.29) is 37.1 Å². The Bertz CT molecular complexity index is 645. The van der Waals surface area contributed by atoms with Crippen LogP contribution in [0.15, 0.2) is 18.2 Å². The molecular formula is C18H26ClN3O4. The smallest absolute Gasteiger partial charge is 0.244 e. The van der Waals surface area contributed by atoms with Crippen molar-refractivity contribution in [1.82, 2.24) is 9.80 Å². The molecule has 1 N–H and O–H groups in total. The van der Waals surface area contributed by atoms with Gasteiger partial charge in [0.1, 0.15) is 5.75 Å². The van der Waals surface area contributed by atoms with E-state index in [1.165, 1.54) is 12.0 Å². The van der Waals surface area contributed by atoms with Crippen LogP contribution in [0.1, 0.15) is 13.8 Å². The van der Waals surface area contributed by atoms with Crippen molar-refractivity contribution in [3.63, 3.8) is 0 Å². The van der Waals surface area contributed by atoms with E-state index in [1.807, 2.05) is 13.8 Å². The van der Waals surface area contributed by atoms with Crippen molar-refractivity contribution >= 4 is 29.1 Å². The van der Waals surface area contributed by atoms with Crippen LogP contribution in [-0.4, -0.2) is 74.2 Å². The molecule has 144 valence electrons. The van der Waals surface area contributed by atoms with Gasteiger partial charge in [0.15, 0.2) is 0 Å². The maximum Gasteiger partial charge on any atom is 0.244 e. The van der Waals surface area contributed by atoms with Gasteiger partial charge in [-0.2, -0.15) is 0 Å². The van der Waals surface area contributed by atoms with Crippen LogP contribution < -0.4 is 10.1 Å². The molecule has 0 bridgehead atoms. The molecule has 1 saturated heterocycles. The molecule has 0 aromatic heterocycles. The summed E-state index contributed by atoms with van der Waals surface area (Å²) in [4.78, 5) is 28.1. The van der Waals surface area contributed by atoms with Crippen LogP contribution in [-0.2, 0) is 14.3 Å². The average Bonchev–Trinajstić information content (AvgIpc) is 2.53. The molecule has 26 heavy (non-hydrogen) atoms. The predicted octanol–water partition coefficient (Wildman–Crippen LogP) is 1.85. The average molecular weight is 384 g/mol. The largest absolute Gasteiger partial charge is 0.495 e. The molecule has 7 nitrogen and oxygen atoms in total. The second-order valence-electron chi connectivity index (χ2n) is 6.59. The molecule has 1 heterocycles. The molecule has 2 rings (SSSR count). The molecule has 0 unspecified atom stereocenters. The molecule has 0 aliphatic carbocycles. The first-order valence-corrected chi connectivity index (χ1v) is 8.91. The minimum atomic E-state index is -0.315. The zero-order valence-corrected chi connectivity index (χ0v) is 16.4. The van der Waals surface area contributed by atoms with Crippen molar-refractivity contribution in [3.05, 3.63) is 23.2 Å². The standard InChI is InChI=1S/C18H26ClN3O4/c1-12-8-22(9-13(2)26-12)11-18(24)21(3)10-17(23)20-15-7-14(19)5-6-16(15)25-4/h5-7,12-13H,8-11H2,1-4H3,(H,20,23)/t12-,13-/m1/s1. The van der Waals surface area contributed by atoms with E-state index in [4.69, 9.17) is 21.1 Å². The molecule has 1 fully saturated rings. The van der Waals surface area contributed by atoms with E-state index in [1.54, 1.807) is 25.2 Å². The van der Waals surface area contributed by atoms with Crippen LogP contribution in [0.4, 0.5) is 5.69 Å². The van der Waals surface area contributed by atoms with Crippen LogP contribution in [0.2, 0.25) is 5.02 Å². The van der Waals surface area contributed by atoms with Crippen LogP contribution >= 0.6 is 11.6 Å². The molecule has 8 heteroatoms. The zero-order valence-electron chi connectivity index (χ0n) is 15.6. The van der Waals surface area contributed by atoms with E-state index < -0.39 is 0 Å². The third-order valence-corrected chi connectivity index (χ3v) is 4.33. The predicted molar refractivity (Wildman–Crippen MR) is 101 cm³/mol. The molecular weight excluding hydrogens is 358 g/mol. The highest BCUT2D eigenvalue weighted by molar-refractivity contribution is 6.31. The SMILES string of the molecule is COc1ccc(Cl)cc1NC(=O)CN(C)C(=O)CN1C[C@@H](C)O[C@H](C)C1. The van der Waals surface area contributed by atoms with E-state index >= 15 is 0 Å². The molecule has 0 radical (unpaired) electrons. The van der Waals surface area contributed by atoms with Crippen molar-refractivity contribution < 1.29 is 19.1 Å². The van der Waals surface area contributed by atoms with Crippen molar-refractivity contribution in [2.24, 2.45) is 0 Å². The quantitative estimate of drug-likeness (QED) is 0.811. The number of hydrogen-bond acceptors (Lipinski definition) is 5. The number of carbonyl (C=O) groups excluding carboxylic acids is 2. The molecule has 0 saturated carbocycles. The first-order chi connectivity index (χ1) is 12.3. The fourth-order valence-electron chi connectivity index (χ4n) is 3.00. The number of carbonyl (C=O) groups is 2. The fraction of sp³-hybridized carbons (Fsp3) is 0.556. The lowest BCUT2D eigenvalue weighted by Gasteiger charge is -2.35. The van der Waals surface area contributed by atoms with Gasteiger partial charge in [0.2, 0.25) is 11.8 Å². The molecule has 2 atom stereocenters. The lowest BCUT2D eigenvalue weighted by molar-refractivity contribution is -0.137. The van der Waals surface area contributed by atoms with Gasteiger partial charge < -0.3 is 19.7 Å². The summed E-state index contributed by atoms with van der Waals surface area (Å²) in [6, 6.07) is 4.96. The Kier molecular flexibility index (Phi) is 7.25. The number of morpholine rings is 1. The molecule has 1 aromatic carbocycles. The first-order valence-electron chi connectivity index (χ1n) is 8.53. The number of hydrogen-bond donors (Lipinski definition) is 1. The van der Waals surface area contributed by atoms with E-state index in [0.717, 1.165) is 0 Å². The second-order valence-corrected chi connectivity index (χ2v) is 7.03. The Morgan fingerprint density at radius 1 is 1.35 bits per heavy atom. The van der Waals surface area contributed by atoms with Crippen molar-refractivity contribution in [3.8, 4) is 5.75 Å². The van der Waals surface area contributed by atoms with Gasteiger partial charge in [0.25, 0.3) is 0 Å². The first kappa shape index (κ1) is 20.5. The van der Waals surface area contributed by atoms with E-state index in [0.29, 0.717) is 29.5 Å². The monoisotopic (exact) mass is 383 g/mol. The van der Waals surface area contributed by atoms with Gasteiger partial charge in [-0.1, -0.05) is 11.6 Å². The summed E-state index contributed by atoms with van der Waals surface area (Å²) in [5.41, 5.74) is 0.474. The highest BCUT2D eigenvalue weighted by Crippen LogP contribution is 2.27. The number of anilines is 1. The van der Waals surface area contributed by atoms with Crippen LogP contribution in [0.5, 0.6) is 5.75 Å². The topological polar surface area (TPSA) is 71.1 Å². The van der Waals surface area contributed by atoms with Crippen LogP contribution in [0, 0.1) is 0 Å². The summed E-state index contributed by atoms with van der Waals surface area (Å²) >= 11 is 5.96. The van der Waals surface area contributed by atoms with Gasteiger partial charge >= 0.3 is 0 Å². The van der Waals surface area contributed by atoms with Crippen molar-refractivity contribution in [2.45, 2.75) is 26.1 Å². The minimum Gasteiger partial charge on any atom is -0.495 e. The number of ether oxygens (including phenoxy) is 2. The number of nitrogens with one attached hydrogen (secondary N) is 1. The molecule has 0 spiro atoms. The fourth-order valence-corrected chi connectivity index (χ4v) is 3.17. The summed E-state index contributed by atoms with van der Waals surface area (Å²) in [7, 11) is 3.13. The molecule has 2 amide bonds. The van der Waals surface area contributed by atoms with Gasteiger partial charge in [-0.05, 0) is 32.0 Å². The van der Waals surface area contributed by atoms with Crippen molar-refractivity contribution in [1.29, 1.82) is 0 Å². The summed E-state index contributed by atoms with van der Waals surface area (Å²) in [5.74, 6) is 0.0812. The highest BCUT2D eigenvalue weighted by Gasteiger charge is 2.25. The molecule has 1 aromatic rings. The molecule has 1 aliphatic rings. The maximum atomic E-state index is 12.4. The van der Waals surface area contributed by atoms with Crippen LogP contribution in [0.3, 0.4) is 0 Å². The Morgan fingerprint density at radius 3 is 2.62 bits per heavy atom. The van der Waals surface area contributed by atoms with Gasteiger partial charge in [-0.15, -0.1) is 0 Å². The van der Waals surface area contributed by atoms with Gasteiger partial charge in [0, 0.05) is 25.2 Å². The summed E-state index contributed by atoms with van der Waals surface area (Å²) in [5, 5.41) is 3.22. The Labute approximate surface area is 159 Å². The van der Waals surface area contributed by atoms with E-state index in [9.17, 15) is 9.59 Å². The Hall–Kier alpha value is -1.83. The number of likely N-dealkylation sites (N-methyl/N-ethyl adjacent to an activating group) is 1. The third-order valence-electron chi connectivity index (χ3n) is 4.10. The number of benzene rings is 1. The summed E-state index contributed by atoms with van der Waals surface area (Å²) in [6.45, 7) is 5.60. The Morgan fingerprint density at radius 2 is 2.00 bits per heavy atom. The van der Waals surface area contributed by atoms with E-state index in [2.05, 4.69) is 10.2 Å². The van der Waals surface area contributed by atoms with Gasteiger partial charge in [0.05, 0.1) is 38.1 Å². The van der Waals surface area contributed by atoms with Gasteiger partial charge in [-0.3, -0.25) is 14.5 Å². The summed E-state index contributed by atoms with van der Waals surface area (Å²) < 4.78 is 10.9. The molecule has 1 aliphatic heterocycles. The number of rotatable bonds is 6. The third kappa shape index (κ3) is 5.86.